The second-order valence-electron chi connectivity index (χ2n) is 8.37. The van der Waals surface area contributed by atoms with Crippen LogP contribution in [0.2, 0.25) is 0 Å². The van der Waals surface area contributed by atoms with Crippen molar-refractivity contribution < 1.29 is 9.53 Å². The molecule has 0 radical (unpaired) electrons. The van der Waals surface area contributed by atoms with Crippen LogP contribution in [0.25, 0.3) is 33.3 Å². The van der Waals surface area contributed by atoms with Crippen LogP contribution in [-0.4, -0.2) is 38.3 Å². The summed E-state index contributed by atoms with van der Waals surface area (Å²) >= 11 is 0. The van der Waals surface area contributed by atoms with Crippen molar-refractivity contribution in [3.8, 4) is 11.3 Å². The SMILES string of the molecule is CN(C(=O)OC(C)(C)C)c1nc2[nH]c(-c3ccc(CN)cc3)cc2c2c1ncn2C. The Morgan fingerprint density at radius 2 is 1.97 bits per heavy atom. The van der Waals surface area contributed by atoms with Gasteiger partial charge in [-0.1, -0.05) is 24.3 Å². The molecule has 0 atom stereocenters. The Balaban J connectivity index is 1.85. The predicted octanol–water partition coefficient (Wildman–Crippen LogP) is 3.95. The third-order valence-electron chi connectivity index (χ3n) is 4.90. The number of benzene rings is 1. The number of hydrogen-bond donors (Lipinski definition) is 2. The molecule has 0 saturated heterocycles. The summed E-state index contributed by atoms with van der Waals surface area (Å²) in [4.78, 5) is 26.6. The van der Waals surface area contributed by atoms with Gasteiger partial charge in [-0.15, -0.1) is 0 Å². The molecule has 4 aromatic rings. The van der Waals surface area contributed by atoms with E-state index in [1.54, 1.807) is 13.4 Å². The molecule has 0 bridgehead atoms. The molecule has 156 valence electrons. The molecule has 0 aliphatic heterocycles. The van der Waals surface area contributed by atoms with E-state index in [1.165, 1.54) is 4.90 Å². The van der Waals surface area contributed by atoms with E-state index in [0.29, 0.717) is 23.5 Å². The van der Waals surface area contributed by atoms with E-state index in [0.717, 1.165) is 27.7 Å². The van der Waals surface area contributed by atoms with Gasteiger partial charge in [0, 0.05) is 31.7 Å². The molecule has 3 heterocycles. The number of hydrogen-bond acceptors (Lipinski definition) is 5. The Morgan fingerprint density at radius 1 is 1.27 bits per heavy atom. The lowest BCUT2D eigenvalue weighted by Crippen LogP contribution is -2.34. The highest BCUT2D eigenvalue weighted by atomic mass is 16.6. The van der Waals surface area contributed by atoms with E-state index in [4.69, 9.17) is 15.5 Å². The summed E-state index contributed by atoms with van der Waals surface area (Å²) in [7, 11) is 3.57. The summed E-state index contributed by atoms with van der Waals surface area (Å²) < 4.78 is 7.44. The summed E-state index contributed by atoms with van der Waals surface area (Å²) in [5.74, 6) is 0.444. The number of pyridine rings is 1. The van der Waals surface area contributed by atoms with Crippen LogP contribution in [0.3, 0.4) is 0 Å². The molecule has 1 amide bonds. The summed E-state index contributed by atoms with van der Waals surface area (Å²) in [5.41, 5.74) is 10.3. The molecule has 0 fully saturated rings. The van der Waals surface area contributed by atoms with Gasteiger partial charge >= 0.3 is 6.09 Å². The van der Waals surface area contributed by atoms with Crippen LogP contribution in [0, 0.1) is 0 Å². The van der Waals surface area contributed by atoms with Crippen molar-refractivity contribution in [1.82, 2.24) is 19.5 Å². The van der Waals surface area contributed by atoms with E-state index in [-0.39, 0.29) is 0 Å². The van der Waals surface area contributed by atoms with E-state index in [9.17, 15) is 4.79 Å². The van der Waals surface area contributed by atoms with Crippen molar-refractivity contribution in [3.05, 3.63) is 42.2 Å². The number of H-pyrrole nitrogens is 1. The molecule has 30 heavy (non-hydrogen) atoms. The molecule has 3 aromatic heterocycles. The highest BCUT2D eigenvalue weighted by molar-refractivity contribution is 6.09. The largest absolute Gasteiger partial charge is 0.443 e. The predicted molar refractivity (Wildman–Crippen MR) is 118 cm³/mol. The van der Waals surface area contributed by atoms with Gasteiger partial charge in [0.05, 0.1) is 11.8 Å². The first-order chi connectivity index (χ1) is 14.2. The Morgan fingerprint density at radius 3 is 2.60 bits per heavy atom. The molecule has 0 unspecified atom stereocenters. The fourth-order valence-electron chi connectivity index (χ4n) is 3.41. The van der Waals surface area contributed by atoms with Crippen molar-refractivity contribution >= 4 is 34.0 Å². The number of carbonyl (C=O) groups excluding carboxylic acids is 1. The van der Waals surface area contributed by atoms with Crippen molar-refractivity contribution in [3.63, 3.8) is 0 Å². The standard InChI is InChI=1S/C22H26N6O2/c1-22(2,3)30-21(29)28(5)20-17-18(27(4)12-24-17)15-10-16(25-19(15)26-20)14-8-6-13(11-23)7-9-14/h6-10,12H,11,23H2,1-5H3,(H,25,26). The summed E-state index contributed by atoms with van der Waals surface area (Å²) in [6, 6.07) is 10.1. The molecule has 0 spiro atoms. The maximum absolute atomic E-state index is 12.6. The van der Waals surface area contributed by atoms with E-state index >= 15 is 0 Å². The number of amides is 1. The number of aromatic amines is 1. The second-order valence-corrected chi connectivity index (χ2v) is 8.37. The average molecular weight is 406 g/mol. The molecule has 0 saturated carbocycles. The van der Waals surface area contributed by atoms with Crippen LogP contribution in [0.1, 0.15) is 26.3 Å². The number of ether oxygens (including phenoxy) is 1. The number of aromatic nitrogens is 4. The van der Waals surface area contributed by atoms with Gasteiger partial charge in [-0.25, -0.2) is 14.8 Å². The molecule has 1 aromatic carbocycles. The number of fused-ring (bicyclic) bond motifs is 3. The van der Waals surface area contributed by atoms with Gasteiger partial charge in [-0.2, -0.15) is 0 Å². The van der Waals surface area contributed by atoms with Crippen LogP contribution >= 0.6 is 0 Å². The van der Waals surface area contributed by atoms with E-state index in [2.05, 4.69) is 16.0 Å². The quantitative estimate of drug-likeness (QED) is 0.536. The lowest BCUT2D eigenvalue weighted by Gasteiger charge is -2.24. The molecule has 8 heteroatoms. The number of nitrogens with two attached hydrogens (primary N) is 1. The maximum Gasteiger partial charge on any atom is 0.415 e. The molecule has 8 nitrogen and oxygen atoms in total. The Bertz CT molecular complexity index is 1230. The van der Waals surface area contributed by atoms with Gasteiger partial charge in [0.1, 0.15) is 16.8 Å². The normalized spacial score (nSPS) is 11.9. The Labute approximate surface area is 174 Å². The fraction of sp³-hybridized carbons (Fsp3) is 0.318. The zero-order chi connectivity index (χ0) is 21.6. The zero-order valence-electron chi connectivity index (χ0n) is 17.9. The van der Waals surface area contributed by atoms with Gasteiger partial charge in [-0.3, -0.25) is 4.90 Å². The number of aryl methyl sites for hydroxylation is 1. The van der Waals surface area contributed by atoms with Crippen LogP contribution in [0.4, 0.5) is 10.6 Å². The molecule has 0 aliphatic carbocycles. The van der Waals surface area contributed by atoms with Gasteiger partial charge in [-0.05, 0) is 38.0 Å². The van der Waals surface area contributed by atoms with Crippen molar-refractivity contribution in [1.29, 1.82) is 0 Å². The summed E-state index contributed by atoms with van der Waals surface area (Å²) in [5, 5.41) is 0.934. The van der Waals surface area contributed by atoms with Crippen LogP contribution in [-0.2, 0) is 18.3 Å². The van der Waals surface area contributed by atoms with Crippen LogP contribution in [0.15, 0.2) is 36.7 Å². The highest BCUT2D eigenvalue weighted by Crippen LogP contribution is 2.33. The van der Waals surface area contributed by atoms with Gasteiger partial charge in [0.25, 0.3) is 0 Å². The minimum Gasteiger partial charge on any atom is -0.443 e. The summed E-state index contributed by atoms with van der Waals surface area (Å²) in [6.07, 6.45) is 1.24. The third kappa shape index (κ3) is 3.50. The Hall–Kier alpha value is -3.39. The maximum atomic E-state index is 12.6. The molecule has 3 N–H and O–H groups in total. The zero-order valence-corrected chi connectivity index (χ0v) is 17.9. The first kappa shape index (κ1) is 19.9. The highest BCUT2D eigenvalue weighted by Gasteiger charge is 2.25. The van der Waals surface area contributed by atoms with Crippen molar-refractivity contribution in [2.24, 2.45) is 12.8 Å². The molecule has 0 aliphatic rings. The minimum atomic E-state index is -0.603. The van der Waals surface area contributed by atoms with E-state index in [1.807, 2.05) is 56.7 Å². The lowest BCUT2D eigenvalue weighted by atomic mass is 10.1. The number of imidazole rings is 1. The monoisotopic (exact) mass is 406 g/mol. The van der Waals surface area contributed by atoms with Crippen molar-refractivity contribution in [2.45, 2.75) is 32.9 Å². The van der Waals surface area contributed by atoms with Crippen LogP contribution < -0.4 is 10.6 Å². The molecular formula is C22H26N6O2. The van der Waals surface area contributed by atoms with Gasteiger partial charge in [0.2, 0.25) is 0 Å². The number of nitrogens with zero attached hydrogens (tertiary/aromatic N) is 4. The minimum absolute atomic E-state index is 0.444. The number of carbonyl (C=O) groups is 1. The number of nitrogens with one attached hydrogen (secondary N) is 1. The number of anilines is 1. The number of rotatable bonds is 3. The first-order valence-electron chi connectivity index (χ1n) is 9.78. The molecule has 4 rings (SSSR count). The first-order valence-corrected chi connectivity index (χ1v) is 9.78. The third-order valence-corrected chi connectivity index (χ3v) is 4.90. The fourth-order valence-corrected chi connectivity index (χ4v) is 3.41. The van der Waals surface area contributed by atoms with Gasteiger partial charge in [0.15, 0.2) is 5.82 Å². The van der Waals surface area contributed by atoms with E-state index < -0.39 is 11.7 Å². The topological polar surface area (TPSA) is 102 Å². The second kappa shape index (κ2) is 7.14. The summed E-state index contributed by atoms with van der Waals surface area (Å²) in [6.45, 7) is 6.00. The van der Waals surface area contributed by atoms with Crippen molar-refractivity contribution in [2.75, 3.05) is 11.9 Å². The molecular weight excluding hydrogens is 380 g/mol. The Kier molecular flexibility index (Phi) is 4.74. The average Bonchev–Trinajstić information content (AvgIpc) is 3.29. The smallest absolute Gasteiger partial charge is 0.415 e. The van der Waals surface area contributed by atoms with Crippen LogP contribution in [0.5, 0.6) is 0 Å². The lowest BCUT2D eigenvalue weighted by molar-refractivity contribution is 0.0589. The van der Waals surface area contributed by atoms with Gasteiger partial charge < -0.3 is 20.0 Å².